The normalized spacial score (nSPS) is 20.8. The van der Waals surface area contributed by atoms with E-state index in [9.17, 15) is 8.42 Å². The third kappa shape index (κ3) is 2.56. The highest BCUT2D eigenvalue weighted by atomic mass is 32.2. The van der Waals surface area contributed by atoms with Crippen molar-refractivity contribution in [2.45, 2.75) is 43.4 Å². The topological polar surface area (TPSA) is 49.4 Å². The van der Waals surface area contributed by atoms with Crippen LogP contribution in [0.4, 0.5) is 5.69 Å². The lowest BCUT2D eigenvalue weighted by Gasteiger charge is -2.25. The van der Waals surface area contributed by atoms with Gasteiger partial charge in [-0.15, -0.1) is 0 Å². The monoisotopic (exact) mass is 294 g/mol. The molecule has 0 saturated carbocycles. The molecule has 20 heavy (non-hydrogen) atoms. The number of anilines is 1. The van der Waals surface area contributed by atoms with Gasteiger partial charge in [-0.05, 0) is 43.4 Å². The van der Waals surface area contributed by atoms with Gasteiger partial charge in [-0.3, -0.25) is 0 Å². The molecule has 0 bridgehead atoms. The van der Waals surface area contributed by atoms with E-state index in [0.29, 0.717) is 18.0 Å². The summed E-state index contributed by atoms with van der Waals surface area (Å²) < 4.78 is 27.5. The Morgan fingerprint density at radius 1 is 1.00 bits per heavy atom. The Morgan fingerprint density at radius 2 is 1.75 bits per heavy atom. The summed E-state index contributed by atoms with van der Waals surface area (Å²) in [7, 11) is -3.33. The van der Waals surface area contributed by atoms with Gasteiger partial charge >= 0.3 is 0 Å². The summed E-state index contributed by atoms with van der Waals surface area (Å²) in [5.41, 5.74) is 1.97. The lowest BCUT2D eigenvalue weighted by atomic mass is 10.0. The van der Waals surface area contributed by atoms with Crippen molar-refractivity contribution >= 4 is 15.7 Å². The van der Waals surface area contributed by atoms with Crippen LogP contribution in [0.1, 0.15) is 37.7 Å². The molecule has 0 radical (unpaired) electrons. The molecule has 0 aliphatic carbocycles. The molecule has 1 saturated heterocycles. The first kappa shape index (κ1) is 13.9. The molecule has 0 amide bonds. The highest BCUT2D eigenvalue weighted by Gasteiger charge is 2.28. The average molecular weight is 294 g/mol. The van der Waals surface area contributed by atoms with E-state index in [4.69, 9.17) is 0 Å². The zero-order valence-electron chi connectivity index (χ0n) is 11.8. The molecule has 1 fully saturated rings. The standard InChI is InChI=1S/C15H22N2O2S/c18-20(19,17-11-3-1-2-4-12-17)15-9-5-8-14-13(15)7-6-10-16-14/h5,8-9,16H,1-4,6-7,10-12H2. The SMILES string of the molecule is O=S(=O)(c1cccc2c1CCCN2)N1CCCCCC1. The summed E-state index contributed by atoms with van der Waals surface area (Å²) in [6.45, 7) is 2.26. The number of fused-ring (bicyclic) bond motifs is 1. The summed E-state index contributed by atoms with van der Waals surface area (Å²) in [6.07, 6.45) is 6.09. The van der Waals surface area contributed by atoms with Crippen LogP contribution in [0.5, 0.6) is 0 Å². The Hall–Kier alpha value is -1.07. The first-order chi connectivity index (χ1) is 9.69. The second-order valence-corrected chi connectivity index (χ2v) is 7.54. The molecular weight excluding hydrogens is 272 g/mol. The van der Waals surface area contributed by atoms with Gasteiger partial charge in [0.25, 0.3) is 0 Å². The van der Waals surface area contributed by atoms with Crippen molar-refractivity contribution in [1.82, 2.24) is 4.31 Å². The molecule has 2 aliphatic heterocycles. The van der Waals surface area contributed by atoms with Gasteiger partial charge in [-0.1, -0.05) is 18.9 Å². The van der Waals surface area contributed by atoms with Crippen LogP contribution in [0.15, 0.2) is 23.1 Å². The van der Waals surface area contributed by atoms with Crippen LogP contribution < -0.4 is 5.32 Å². The van der Waals surface area contributed by atoms with Gasteiger partial charge < -0.3 is 5.32 Å². The maximum absolute atomic E-state index is 12.9. The van der Waals surface area contributed by atoms with Crippen LogP contribution in [-0.4, -0.2) is 32.4 Å². The first-order valence-electron chi connectivity index (χ1n) is 7.55. The Bertz CT molecular complexity index is 576. The van der Waals surface area contributed by atoms with Gasteiger partial charge in [0.05, 0.1) is 4.90 Å². The number of benzene rings is 1. The van der Waals surface area contributed by atoms with E-state index in [1.54, 1.807) is 10.4 Å². The van der Waals surface area contributed by atoms with Gasteiger partial charge in [0.2, 0.25) is 10.0 Å². The smallest absolute Gasteiger partial charge is 0.243 e. The molecule has 0 atom stereocenters. The summed E-state index contributed by atoms with van der Waals surface area (Å²) in [6, 6.07) is 5.60. The summed E-state index contributed by atoms with van der Waals surface area (Å²) in [4.78, 5) is 0.518. The highest BCUT2D eigenvalue weighted by molar-refractivity contribution is 7.89. The van der Waals surface area contributed by atoms with Crippen LogP contribution >= 0.6 is 0 Å². The minimum absolute atomic E-state index is 0.518. The number of hydrogen-bond donors (Lipinski definition) is 1. The van der Waals surface area contributed by atoms with Crippen LogP contribution in [0.3, 0.4) is 0 Å². The Balaban J connectivity index is 1.98. The Labute approximate surface area is 121 Å². The lowest BCUT2D eigenvalue weighted by Crippen LogP contribution is -2.33. The molecule has 0 unspecified atom stereocenters. The van der Waals surface area contributed by atoms with Crippen molar-refractivity contribution in [3.8, 4) is 0 Å². The Kier molecular flexibility index (Phi) is 3.98. The predicted molar refractivity (Wildman–Crippen MR) is 80.5 cm³/mol. The third-order valence-electron chi connectivity index (χ3n) is 4.23. The maximum Gasteiger partial charge on any atom is 0.243 e. The zero-order valence-corrected chi connectivity index (χ0v) is 12.6. The van der Waals surface area contributed by atoms with Crippen molar-refractivity contribution in [2.75, 3.05) is 25.0 Å². The average Bonchev–Trinajstić information content (AvgIpc) is 2.76. The van der Waals surface area contributed by atoms with Crippen LogP contribution in [-0.2, 0) is 16.4 Å². The van der Waals surface area contributed by atoms with E-state index >= 15 is 0 Å². The lowest BCUT2D eigenvalue weighted by molar-refractivity contribution is 0.423. The van der Waals surface area contributed by atoms with E-state index in [-0.39, 0.29) is 0 Å². The van der Waals surface area contributed by atoms with Crippen molar-refractivity contribution in [3.63, 3.8) is 0 Å². The van der Waals surface area contributed by atoms with Crippen molar-refractivity contribution < 1.29 is 8.42 Å². The number of sulfonamides is 1. The fourth-order valence-electron chi connectivity index (χ4n) is 3.14. The minimum atomic E-state index is -3.33. The first-order valence-corrected chi connectivity index (χ1v) is 8.99. The van der Waals surface area contributed by atoms with E-state index in [2.05, 4.69) is 5.32 Å². The summed E-state index contributed by atoms with van der Waals surface area (Å²) >= 11 is 0. The van der Waals surface area contributed by atoms with Crippen molar-refractivity contribution in [2.24, 2.45) is 0 Å². The maximum atomic E-state index is 12.9. The fourth-order valence-corrected chi connectivity index (χ4v) is 4.93. The van der Waals surface area contributed by atoms with Crippen LogP contribution in [0.25, 0.3) is 0 Å². The van der Waals surface area contributed by atoms with E-state index in [1.807, 2.05) is 12.1 Å². The molecule has 1 aromatic rings. The van der Waals surface area contributed by atoms with Gasteiger partial charge in [0.1, 0.15) is 0 Å². The third-order valence-corrected chi connectivity index (χ3v) is 6.22. The molecule has 5 heteroatoms. The molecule has 110 valence electrons. The second-order valence-electron chi connectivity index (χ2n) is 5.63. The fraction of sp³-hybridized carbons (Fsp3) is 0.600. The zero-order chi connectivity index (χ0) is 14.0. The quantitative estimate of drug-likeness (QED) is 0.912. The number of nitrogens with one attached hydrogen (secondary N) is 1. The number of rotatable bonds is 2. The summed E-state index contributed by atoms with van der Waals surface area (Å²) in [5.74, 6) is 0. The molecule has 4 nitrogen and oxygen atoms in total. The molecule has 0 aromatic heterocycles. The predicted octanol–water partition coefficient (Wildman–Crippen LogP) is 2.61. The van der Waals surface area contributed by atoms with Gasteiger partial charge in [-0.2, -0.15) is 4.31 Å². The molecule has 2 heterocycles. The van der Waals surface area contributed by atoms with E-state index in [0.717, 1.165) is 56.3 Å². The van der Waals surface area contributed by atoms with Gasteiger partial charge in [0, 0.05) is 25.3 Å². The Morgan fingerprint density at radius 3 is 2.50 bits per heavy atom. The van der Waals surface area contributed by atoms with Gasteiger partial charge in [0.15, 0.2) is 0 Å². The minimum Gasteiger partial charge on any atom is -0.385 e. The largest absolute Gasteiger partial charge is 0.385 e. The summed E-state index contributed by atoms with van der Waals surface area (Å²) in [5, 5.41) is 3.31. The molecule has 0 spiro atoms. The molecule has 3 rings (SSSR count). The molecular formula is C15H22N2O2S. The molecule has 1 N–H and O–H groups in total. The van der Waals surface area contributed by atoms with E-state index < -0.39 is 10.0 Å². The van der Waals surface area contributed by atoms with E-state index in [1.165, 1.54) is 0 Å². The molecule has 2 aliphatic rings. The second kappa shape index (κ2) is 5.74. The van der Waals surface area contributed by atoms with Crippen molar-refractivity contribution in [1.29, 1.82) is 0 Å². The van der Waals surface area contributed by atoms with Crippen LogP contribution in [0, 0.1) is 0 Å². The molecule has 1 aromatic carbocycles. The highest BCUT2D eigenvalue weighted by Crippen LogP contribution is 2.31. The number of nitrogens with zero attached hydrogens (tertiary/aromatic N) is 1. The van der Waals surface area contributed by atoms with Crippen LogP contribution in [0.2, 0.25) is 0 Å². The van der Waals surface area contributed by atoms with Gasteiger partial charge in [-0.25, -0.2) is 8.42 Å². The number of hydrogen-bond acceptors (Lipinski definition) is 3. The van der Waals surface area contributed by atoms with Crippen molar-refractivity contribution in [3.05, 3.63) is 23.8 Å².